The molecule has 0 aliphatic carbocycles. The van der Waals surface area contributed by atoms with Gasteiger partial charge in [0, 0.05) is 41.8 Å². The summed E-state index contributed by atoms with van der Waals surface area (Å²) >= 11 is 13.9. The number of aryl methyl sites for hydroxylation is 1. The Balaban J connectivity index is 0.000000240. The Morgan fingerprint density at radius 3 is 1.44 bits per heavy atom. The quantitative estimate of drug-likeness (QED) is 0.0376. The number of hydrogen-bond acceptors (Lipinski definition) is 14. The summed E-state index contributed by atoms with van der Waals surface area (Å²) in [5.41, 5.74) is 11.1. The van der Waals surface area contributed by atoms with Crippen LogP contribution in [-0.2, 0) is 20.6 Å². The molecule has 0 saturated carbocycles. The molecule has 21 nitrogen and oxygen atoms in total. The maximum Gasteiger partial charge on any atom is 0.414 e. The van der Waals surface area contributed by atoms with E-state index in [-0.39, 0.29) is 50.0 Å². The highest BCUT2D eigenvalue weighted by Crippen LogP contribution is 2.28. The van der Waals surface area contributed by atoms with Gasteiger partial charge in [-0.05, 0) is 99.7 Å². The molecule has 8 aromatic rings. The van der Waals surface area contributed by atoms with Crippen LogP contribution >= 0.6 is 45.9 Å². The number of thiophene rings is 2. The van der Waals surface area contributed by atoms with Crippen LogP contribution in [-0.4, -0.2) is 105 Å². The van der Waals surface area contributed by atoms with Crippen LogP contribution in [0.25, 0.3) is 19.4 Å². The van der Waals surface area contributed by atoms with Gasteiger partial charge in [0.15, 0.2) is 28.5 Å². The van der Waals surface area contributed by atoms with Crippen molar-refractivity contribution in [1.29, 1.82) is 0 Å². The fourth-order valence-electron chi connectivity index (χ4n) is 8.22. The SMILES string of the molecule is C.CC(=O)c1ccc(Cl)s1.CCC[C@H]1CO1.O=C(n1ccnc1)n1ccnc1.[C-]#[N+]c1ccc(CC[C@@H](O)CCC)cc1.[C-]#[N+]c1ccc(N)cc1.[C-]#[N+]c1ccc(N2C[C@H](CCC)OC2=O)cc1.[C-]#[N+]c1ccc(N2C[C@H](CNC(=O)c3ccc(Cl)s3)OC2=O)cc1. The lowest BCUT2D eigenvalue weighted by molar-refractivity contribution is 0.0919. The first-order valence-electron chi connectivity index (χ1n) is 29.1. The number of ketones is 1. The van der Waals surface area contributed by atoms with Gasteiger partial charge in [-0.15, -0.1) is 22.7 Å². The predicted molar refractivity (Wildman–Crippen MR) is 368 cm³/mol. The van der Waals surface area contributed by atoms with Gasteiger partial charge < -0.3 is 30.4 Å². The number of hydrogen-bond donors (Lipinski definition) is 3. The number of nitrogens with one attached hydrogen (secondary N) is 1. The molecule has 0 unspecified atom stereocenters. The minimum absolute atomic E-state index is 0. The molecule has 11 rings (SSSR count). The van der Waals surface area contributed by atoms with Crippen LogP contribution in [0.1, 0.15) is 105 Å². The number of epoxide rings is 1. The minimum Gasteiger partial charge on any atom is -0.444 e. The van der Waals surface area contributed by atoms with Crippen LogP contribution in [0.15, 0.2) is 159 Å². The summed E-state index contributed by atoms with van der Waals surface area (Å²) in [6.45, 7) is 37.3. The number of carbonyl (C=O) groups excluding carboxylic acids is 5. The number of benzene rings is 4. The number of amides is 3. The smallest absolute Gasteiger partial charge is 0.414 e. The van der Waals surface area contributed by atoms with Crippen LogP contribution in [0, 0.1) is 26.3 Å². The molecular weight excluding hydrogens is 1260 g/mol. The van der Waals surface area contributed by atoms with Gasteiger partial charge in [-0.1, -0.05) is 137 Å². The molecule has 3 saturated heterocycles. The average molecular weight is 1340 g/mol. The summed E-state index contributed by atoms with van der Waals surface area (Å²) in [6, 6.07) is 34.6. The summed E-state index contributed by atoms with van der Waals surface area (Å²) < 4.78 is 19.4. The van der Waals surface area contributed by atoms with Crippen LogP contribution in [0.3, 0.4) is 0 Å². The Morgan fingerprint density at radius 1 is 0.634 bits per heavy atom. The van der Waals surface area contributed by atoms with E-state index in [1.807, 2.05) is 24.3 Å². The highest BCUT2D eigenvalue weighted by atomic mass is 35.5. The number of anilines is 3. The third-order valence-electron chi connectivity index (χ3n) is 13.1. The van der Waals surface area contributed by atoms with Crippen LogP contribution in [0.5, 0.6) is 0 Å². The normalized spacial score (nSPS) is 14.7. The maximum absolute atomic E-state index is 12.0. The lowest BCUT2D eigenvalue weighted by atomic mass is 10.0. The number of ether oxygens (including phenoxy) is 3. The number of aliphatic hydroxyl groups is 1. The molecule has 3 aliphatic rings. The van der Waals surface area contributed by atoms with Gasteiger partial charge in [0.2, 0.25) is 0 Å². The minimum atomic E-state index is -0.469. The van der Waals surface area contributed by atoms with Crippen molar-refractivity contribution >= 4 is 116 Å². The summed E-state index contributed by atoms with van der Waals surface area (Å²) in [7, 11) is 0. The van der Waals surface area contributed by atoms with Crippen molar-refractivity contribution in [2.75, 3.05) is 41.8 Å². The van der Waals surface area contributed by atoms with E-state index in [1.54, 1.807) is 127 Å². The molecule has 25 heteroatoms. The molecule has 93 heavy (non-hydrogen) atoms. The van der Waals surface area contributed by atoms with Gasteiger partial charge in [0.05, 0.1) is 83.2 Å². The van der Waals surface area contributed by atoms with Gasteiger partial charge in [-0.3, -0.25) is 28.5 Å². The van der Waals surface area contributed by atoms with Crippen molar-refractivity contribution in [3.63, 3.8) is 0 Å². The van der Waals surface area contributed by atoms with E-state index in [9.17, 15) is 29.1 Å². The fraction of sp³-hybridized carbons (Fsp3) is 0.309. The topological polar surface area (TPSA) is 234 Å². The number of nitrogens with zero attached hydrogens (tertiary/aromatic N) is 10. The second-order valence-corrected chi connectivity index (χ2v) is 23.6. The summed E-state index contributed by atoms with van der Waals surface area (Å²) in [6.07, 6.45) is 16.5. The number of rotatable bonds is 15. The van der Waals surface area contributed by atoms with E-state index in [1.165, 1.54) is 74.7 Å². The van der Waals surface area contributed by atoms with Gasteiger partial charge in [-0.25, -0.2) is 43.7 Å². The molecule has 4 atom stereocenters. The lowest BCUT2D eigenvalue weighted by Crippen LogP contribution is -2.34. The number of Topliss-reactive ketones (excluding diaryl/α,β-unsaturated/α-hetero) is 1. The van der Waals surface area contributed by atoms with Crippen LogP contribution in [0.2, 0.25) is 8.67 Å². The maximum atomic E-state index is 12.0. The van der Waals surface area contributed by atoms with Crippen molar-refractivity contribution < 1.29 is 43.3 Å². The Hall–Kier alpha value is -9.69. The zero-order valence-corrected chi connectivity index (χ0v) is 54.3. The summed E-state index contributed by atoms with van der Waals surface area (Å²) in [4.78, 5) is 82.7. The van der Waals surface area contributed by atoms with Gasteiger partial charge in [-0.2, -0.15) is 0 Å². The van der Waals surface area contributed by atoms with Crippen LogP contribution in [0.4, 0.5) is 54.2 Å². The first-order chi connectivity index (χ1) is 44.4. The third-order valence-corrected chi connectivity index (χ3v) is 15.6. The molecule has 4 aromatic heterocycles. The molecule has 3 aliphatic heterocycles. The highest BCUT2D eigenvalue weighted by Gasteiger charge is 2.33. The molecule has 0 radical (unpaired) electrons. The van der Waals surface area contributed by atoms with Crippen molar-refractivity contribution in [1.82, 2.24) is 24.4 Å². The van der Waals surface area contributed by atoms with Crippen molar-refractivity contribution in [3.8, 4) is 0 Å². The third kappa shape index (κ3) is 27.0. The zero-order chi connectivity index (χ0) is 66.8. The number of halogens is 2. The van der Waals surface area contributed by atoms with Crippen molar-refractivity contribution in [2.45, 2.75) is 111 Å². The first-order valence-corrected chi connectivity index (χ1v) is 31.5. The Morgan fingerprint density at radius 2 is 1.06 bits per heavy atom. The monoisotopic (exact) mass is 1340 g/mol. The second-order valence-electron chi connectivity index (χ2n) is 20.2. The van der Waals surface area contributed by atoms with E-state index in [4.69, 9.17) is 69.4 Å². The van der Waals surface area contributed by atoms with E-state index < -0.39 is 12.2 Å². The Kier molecular flexibility index (Phi) is 33.3. The Labute approximate surface area is 561 Å². The predicted octanol–water partition coefficient (Wildman–Crippen LogP) is 17.2. The molecular formula is C68H74Cl2N12O9S2. The molecule has 0 bridgehead atoms. The number of nitrogen functional groups attached to an aromatic ring is 1. The number of carbonyl (C=O) groups is 5. The molecule has 486 valence electrons. The number of cyclic esters (lactones) is 2. The van der Waals surface area contributed by atoms with E-state index in [0.29, 0.717) is 66.9 Å². The number of imidazole rings is 2. The van der Waals surface area contributed by atoms with Crippen LogP contribution < -0.4 is 20.9 Å². The molecule has 7 heterocycles. The number of nitrogens with two attached hydrogens (primary N) is 1. The second kappa shape index (κ2) is 40.9. The zero-order valence-electron chi connectivity index (χ0n) is 51.1. The van der Waals surface area contributed by atoms with Gasteiger partial charge >= 0.3 is 18.2 Å². The Bertz CT molecular complexity index is 3710. The first kappa shape index (κ1) is 75.8. The summed E-state index contributed by atoms with van der Waals surface area (Å²) in [5.74, 6) is -0.172. The number of aliphatic hydroxyl groups excluding tert-OH is 1. The largest absolute Gasteiger partial charge is 0.444 e. The van der Waals surface area contributed by atoms with Gasteiger partial charge in [0.25, 0.3) is 5.91 Å². The standard InChI is InChI=1S/C16H12ClN3O3S.C13H14N2O2.C13H17NO.C7H6N4O.C7H6N2.C6H5ClOS.C5H10O.CH4/c1-18-10-2-4-11(5-3-10)20-9-12(23-16(20)22)8-19-15(21)13-6-7-14(17)24-13;1-3-4-12-9-15(13(16)17-12)11-7-5-10(14-2)6-8-11;1-3-4-13(15)10-7-11-5-8-12(14-2)9-6-11;12-7(10-3-1-8-5-10)11-4-2-9-6-11;1-9-7-4-2-6(8)3-5-7;1-4(8)5-2-3-6(7)9-5;1-2-3-5-4-6-5;/h2-7,12H,8-9H2,(H,19,21);5-8,12H,3-4,9H2,1H3;5-6,8-9,13,15H,3-4,7,10H2,1H3;1-6H;2-5H,8H2;2-3H,1H3;5H,2-4H2,1H3;1H4/t2*12-;13-;;;;5-;/m000...0./s1. The average Bonchev–Trinajstić information content (AvgIpc) is 1.82. The highest BCUT2D eigenvalue weighted by molar-refractivity contribution is 7.18. The molecule has 3 fully saturated rings. The van der Waals surface area contributed by atoms with E-state index in [0.717, 1.165) is 55.7 Å². The molecule has 3 amide bonds. The van der Waals surface area contributed by atoms with Crippen molar-refractivity contribution in [2.24, 2.45) is 0 Å². The molecule has 0 spiro atoms. The molecule has 4 N–H and O–H groups in total. The lowest BCUT2D eigenvalue weighted by Gasteiger charge is -2.13. The van der Waals surface area contributed by atoms with E-state index in [2.05, 4.69) is 55.4 Å². The fourth-order valence-corrected chi connectivity index (χ4v) is 10.1. The summed E-state index contributed by atoms with van der Waals surface area (Å²) in [5, 5.41) is 12.3. The van der Waals surface area contributed by atoms with Gasteiger partial charge in [0.1, 0.15) is 24.9 Å². The molecule has 4 aromatic carbocycles. The number of aromatic nitrogens is 4. The van der Waals surface area contributed by atoms with Crippen molar-refractivity contribution in [3.05, 3.63) is 228 Å². The van der Waals surface area contributed by atoms with E-state index >= 15 is 0 Å².